The molecule has 0 unspecified atom stereocenters. The van der Waals surface area contributed by atoms with Gasteiger partial charge in [0.25, 0.3) is 10.0 Å². The van der Waals surface area contributed by atoms with E-state index in [1.165, 1.54) is 31.6 Å². The number of hydrogen-bond acceptors (Lipinski definition) is 7. The van der Waals surface area contributed by atoms with E-state index < -0.39 is 10.0 Å². The maximum atomic E-state index is 13.2. The summed E-state index contributed by atoms with van der Waals surface area (Å²) < 4.78 is 34.6. The zero-order valence-electron chi connectivity index (χ0n) is 16.7. The molecule has 0 bridgehead atoms. The predicted molar refractivity (Wildman–Crippen MR) is 117 cm³/mol. The van der Waals surface area contributed by atoms with Crippen molar-refractivity contribution in [3.8, 4) is 5.75 Å². The van der Waals surface area contributed by atoms with Crippen LogP contribution in [0.25, 0.3) is 11.0 Å². The van der Waals surface area contributed by atoms with E-state index in [-0.39, 0.29) is 22.2 Å². The summed E-state index contributed by atoms with van der Waals surface area (Å²) in [6.07, 6.45) is 2.97. The largest absolute Gasteiger partial charge is 0.497 e. The molecule has 2 heterocycles. The summed E-state index contributed by atoms with van der Waals surface area (Å²) in [5, 5.41) is 0.458. The standard InChI is InChI=1S/C21H19N5O4S/c1-26-11-17(18-20(22)23-12-24-21(18)26)19(27)13-4-3-5-14(10-13)25-31(28,29)16-8-6-15(30-2)7-9-16/h3-12,25H,1-2H3,(H2,22,23,24). The monoisotopic (exact) mass is 437 g/mol. The first kappa shape index (κ1) is 20.4. The van der Waals surface area contributed by atoms with Gasteiger partial charge in [-0.15, -0.1) is 0 Å². The van der Waals surface area contributed by atoms with Crippen LogP contribution >= 0.6 is 0 Å². The number of carbonyl (C=O) groups is 1. The lowest BCUT2D eigenvalue weighted by molar-refractivity contribution is 0.104. The molecule has 3 N–H and O–H groups in total. The molecule has 0 aliphatic heterocycles. The third-order valence-corrected chi connectivity index (χ3v) is 6.17. The zero-order valence-corrected chi connectivity index (χ0v) is 17.6. The van der Waals surface area contributed by atoms with Gasteiger partial charge in [0.1, 0.15) is 23.5 Å². The van der Waals surface area contributed by atoms with Crippen molar-refractivity contribution in [1.29, 1.82) is 0 Å². The van der Waals surface area contributed by atoms with E-state index >= 15 is 0 Å². The van der Waals surface area contributed by atoms with Crippen molar-refractivity contribution in [2.45, 2.75) is 4.90 Å². The number of methoxy groups -OCH3 is 1. The fourth-order valence-corrected chi connectivity index (χ4v) is 4.30. The van der Waals surface area contributed by atoms with E-state index in [0.29, 0.717) is 27.9 Å². The highest BCUT2D eigenvalue weighted by atomic mass is 32.2. The Hall–Kier alpha value is -3.92. The number of anilines is 2. The molecule has 0 amide bonds. The number of nitrogens with zero attached hydrogens (tertiary/aromatic N) is 3. The van der Waals surface area contributed by atoms with Gasteiger partial charge >= 0.3 is 0 Å². The molecule has 2 aromatic carbocycles. The van der Waals surface area contributed by atoms with Gasteiger partial charge in [0, 0.05) is 24.5 Å². The summed E-state index contributed by atoms with van der Waals surface area (Å²) in [4.78, 5) is 21.4. The molecule has 0 spiro atoms. The molecule has 0 radical (unpaired) electrons. The summed E-state index contributed by atoms with van der Waals surface area (Å²) in [6.45, 7) is 0. The van der Waals surface area contributed by atoms with Crippen LogP contribution in [0.5, 0.6) is 5.75 Å². The van der Waals surface area contributed by atoms with Crippen LogP contribution < -0.4 is 15.2 Å². The third kappa shape index (κ3) is 3.80. The Morgan fingerprint density at radius 3 is 2.58 bits per heavy atom. The van der Waals surface area contributed by atoms with E-state index in [0.717, 1.165) is 0 Å². The summed E-state index contributed by atoms with van der Waals surface area (Å²) in [6, 6.07) is 12.2. The second kappa shape index (κ2) is 7.73. The topological polar surface area (TPSA) is 129 Å². The smallest absolute Gasteiger partial charge is 0.261 e. The van der Waals surface area contributed by atoms with Crippen molar-refractivity contribution in [1.82, 2.24) is 14.5 Å². The summed E-state index contributed by atoms with van der Waals surface area (Å²) in [5.74, 6) is 0.424. The Morgan fingerprint density at radius 2 is 1.87 bits per heavy atom. The predicted octanol–water partition coefficient (Wildman–Crippen LogP) is 2.59. The van der Waals surface area contributed by atoms with Crippen LogP contribution in [0.15, 0.2) is 66.0 Å². The lowest BCUT2D eigenvalue weighted by Crippen LogP contribution is -2.13. The second-order valence-electron chi connectivity index (χ2n) is 6.80. The van der Waals surface area contributed by atoms with E-state index in [9.17, 15) is 13.2 Å². The normalized spacial score (nSPS) is 11.4. The van der Waals surface area contributed by atoms with Crippen molar-refractivity contribution in [3.05, 3.63) is 72.2 Å². The average molecular weight is 437 g/mol. The molecule has 0 fully saturated rings. The molecule has 4 rings (SSSR count). The Balaban J connectivity index is 1.67. The SMILES string of the molecule is COc1ccc(S(=O)(=O)Nc2cccc(C(=O)c3cn(C)c4ncnc(N)c34)c2)cc1. The van der Waals surface area contributed by atoms with Gasteiger partial charge < -0.3 is 15.0 Å². The first-order chi connectivity index (χ1) is 14.8. The van der Waals surface area contributed by atoms with E-state index in [2.05, 4.69) is 14.7 Å². The minimum absolute atomic E-state index is 0.0732. The first-order valence-corrected chi connectivity index (χ1v) is 10.7. The fourth-order valence-electron chi connectivity index (χ4n) is 3.26. The highest BCUT2D eigenvalue weighted by molar-refractivity contribution is 7.92. The van der Waals surface area contributed by atoms with Gasteiger partial charge in [-0.25, -0.2) is 18.4 Å². The molecule has 0 atom stereocenters. The van der Waals surface area contributed by atoms with Crippen LogP contribution in [0.3, 0.4) is 0 Å². The van der Waals surface area contributed by atoms with Crippen molar-refractivity contribution in [3.63, 3.8) is 0 Å². The van der Waals surface area contributed by atoms with Gasteiger partial charge in [0.15, 0.2) is 5.78 Å². The molecule has 158 valence electrons. The number of benzene rings is 2. The molecule has 9 nitrogen and oxygen atoms in total. The molecule has 0 saturated heterocycles. The van der Waals surface area contributed by atoms with E-state index in [1.54, 1.807) is 48.1 Å². The number of ether oxygens (including phenoxy) is 1. The third-order valence-electron chi connectivity index (χ3n) is 4.77. The lowest BCUT2D eigenvalue weighted by Gasteiger charge is -2.10. The summed E-state index contributed by atoms with van der Waals surface area (Å²) in [7, 11) is -0.589. The van der Waals surface area contributed by atoms with Gasteiger partial charge in [-0.3, -0.25) is 9.52 Å². The van der Waals surface area contributed by atoms with Gasteiger partial charge in [-0.2, -0.15) is 0 Å². The highest BCUT2D eigenvalue weighted by Gasteiger charge is 2.20. The van der Waals surface area contributed by atoms with Crippen LogP contribution in [0, 0.1) is 0 Å². The molecule has 0 aliphatic carbocycles. The molecule has 10 heteroatoms. The molecule has 2 aromatic heterocycles. The number of fused-ring (bicyclic) bond motifs is 1. The number of nitrogens with two attached hydrogens (primary N) is 1. The van der Waals surface area contributed by atoms with Crippen LogP contribution in [0.2, 0.25) is 0 Å². The molecule has 0 aliphatic rings. The van der Waals surface area contributed by atoms with Gasteiger partial charge in [-0.1, -0.05) is 12.1 Å². The number of carbonyl (C=O) groups excluding carboxylic acids is 1. The number of nitrogen functional groups attached to an aromatic ring is 1. The minimum atomic E-state index is -3.84. The Labute approximate surface area is 178 Å². The summed E-state index contributed by atoms with van der Waals surface area (Å²) in [5.41, 5.74) is 7.39. The van der Waals surface area contributed by atoms with Gasteiger partial charge in [0.05, 0.1) is 23.0 Å². The Kier molecular flexibility index (Phi) is 5.07. The number of sulfonamides is 1. The van der Waals surface area contributed by atoms with Crippen LogP contribution in [-0.4, -0.2) is 35.8 Å². The molecule has 31 heavy (non-hydrogen) atoms. The van der Waals surface area contributed by atoms with Crippen molar-refractivity contribution < 1.29 is 17.9 Å². The molecule has 0 saturated carbocycles. The van der Waals surface area contributed by atoms with E-state index in [4.69, 9.17) is 10.5 Å². The van der Waals surface area contributed by atoms with Crippen LogP contribution in [0.1, 0.15) is 15.9 Å². The average Bonchev–Trinajstić information content (AvgIpc) is 3.11. The number of rotatable bonds is 6. The van der Waals surface area contributed by atoms with Crippen LogP contribution in [-0.2, 0) is 17.1 Å². The number of hydrogen-bond donors (Lipinski definition) is 2. The number of aryl methyl sites for hydroxylation is 1. The first-order valence-electron chi connectivity index (χ1n) is 9.17. The number of aromatic nitrogens is 3. The molecular weight excluding hydrogens is 418 g/mol. The van der Waals surface area contributed by atoms with Gasteiger partial charge in [0.2, 0.25) is 0 Å². The minimum Gasteiger partial charge on any atom is -0.497 e. The Morgan fingerprint density at radius 1 is 1.13 bits per heavy atom. The number of nitrogens with one attached hydrogen (secondary N) is 1. The highest BCUT2D eigenvalue weighted by Crippen LogP contribution is 2.27. The molecule has 4 aromatic rings. The maximum Gasteiger partial charge on any atom is 0.261 e. The zero-order chi connectivity index (χ0) is 22.2. The van der Waals surface area contributed by atoms with E-state index in [1.807, 2.05) is 0 Å². The van der Waals surface area contributed by atoms with Gasteiger partial charge in [-0.05, 0) is 36.4 Å². The van der Waals surface area contributed by atoms with Crippen molar-refractivity contribution in [2.24, 2.45) is 7.05 Å². The second-order valence-corrected chi connectivity index (χ2v) is 8.48. The van der Waals surface area contributed by atoms with Crippen LogP contribution in [0.4, 0.5) is 11.5 Å². The molecular formula is C21H19N5O4S. The quantitative estimate of drug-likeness (QED) is 0.444. The van der Waals surface area contributed by atoms with Crippen molar-refractivity contribution in [2.75, 3.05) is 17.6 Å². The maximum absolute atomic E-state index is 13.2. The van der Waals surface area contributed by atoms with Crippen molar-refractivity contribution >= 4 is 38.3 Å². The Bertz CT molecular complexity index is 1400. The summed E-state index contributed by atoms with van der Waals surface area (Å²) >= 11 is 0. The lowest BCUT2D eigenvalue weighted by atomic mass is 10.0. The fraction of sp³-hybridized carbons (Fsp3) is 0.0952. The number of ketones is 1.